The molecule has 1 aliphatic rings. The second-order valence-corrected chi connectivity index (χ2v) is 9.47. The third kappa shape index (κ3) is 4.15. The Hall–Kier alpha value is -0.330. The van der Waals surface area contributed by atoms with Crippen LogP contribution in [0.25, 0.3) is 0 Å². The average Bonchev–Trinajstić information content (AvgIpc) is 2.42. The van der Waals surface area contributed by atoms with E-state index in [0.717, 1.165) is 19.5 Å². The topological polar surface area (TPSA) is 63.4 Å². The minimum Gasteiger partial charge on any atom is -0.327 e. The second kappa shape index (κ2) is 6.65. The molecule has 0 spiro atoms. The summed E-state index contributed by atoms with van der Waals surface area (Å²) in [6, 6.07) is 4.66. The van der Waals surface area contributed by atoms with Crippen molar-refractivity contribution in [1.29, 1.82) is 0 Å². The number of likely N-dealkylation sites (tertiary alicyclic amines) is 1. The highest BCUT2D eigenvalue weighted by molar-refractivity contribution is 7.91. The van der Waals surface area contributed by atoms with Gasteiger partial charge in [0.25, 0.3) is 0 Å². The van der Waals surface area contributed by atoms with Crippen molar-refractivity contribution in [3.8, 4) is 0 Å². The smallest absolute Gasteiger partial charge is 0.181 e. The number of nitrogens with zero attached hydrogens (tertiary/aromatic N) is 1. The fourth-order valence-corrected chi connectivity index (χ4v) is 4.85. The maximum atomic E-state index is 12.5. The molecular formula is C15H22Cl2N2O2S. The van der Waals surface area contributed by atoms with Crippen molar-refractivity contribution in [2.24, 2.45) is 11.1 Å². The van der Waals surface area contributed by atoms with Crippen molar-refractivity contribution in [3.63, 3.8) is 0 Å². The highest BCUT2D eigenvalue weighted by atomic mass is 35.5. The molecule has 1 heterocycles. The Morgan fingerprint density at radius 1 is 1.36 bits per heavy atom. The number of halogens is 2. The minimum absolute atomic E-state index is 0.00425. The molecule has 1 aromatic rings. The van der Waals surface area contributed by atoms with Crippen LogP contribution in [0.5, 0.6) is 0 Å². The van der Waals surface area contributed by atoms with Gasteiger partial charge in [-0.15, -0.1) is 0 Å². The van der Waals surface area contributed by atoms with E-state index in [0.29, 0.717) is 11.6 Å². The standard InChI is InChI=1S/C15H22Cl2N2O2S/c1-15(2)10-19(6-5-14(15)18)7-8-22(20,21)13-9-11(16)3-4-12(13)17/h3-4,9,14H,5-8,10,18H2,1-2H3. The van der Waals surface area contributed by atoms with Gasteiger partial charge in [0, 0.05) is 24.2 Å². The first-order valence-corrected chi connectivity index (χ1v) is 9.68. The van der Waals surface area contributed by atoms with Crippen molar-refractivity contribution in [1.82, 2.24) is 4.90 Å². The van der Waals surface area contributed by atoms with Crippen molar-refractivity contribution >= 4 is 33.0 Å². The van der Waals surface area contributed by atoms with E-state index >= 15 is 0 Å². The molecule has 1 saturated heterocycles. The highest BCUT2D eigenvalue weighted by Gasteiger charge is 2.33. The lowest BCUT2D eigenvalue weighted by molar-refractivity contribution is 0.101. The predicted octanol–water partition coefficient (Wildman–Crippen LogP) is 2.83. The van der Waals surface area contributed by atoms with Gasteiger partial charge in [-0.05, 0) is 36.6 Å². The van der Waals surface area contributed by atoms with Gasteiger partial charge < -0.3 is 10.6 Å². The summed E-state index contributed by atoms with van der Waals surface area (Å²) in [5, 5.41) is 0.582. The Morgan fingerprint density at radius 2 is 2.05 bits per heavy atom. The molecule has 0 amide bonds. The van der Waals surface area contributed by atoms with Gasteiger partial charge in [-0.3, -0.25) is 0 Å². The van der Waals surface area contributed by atoms with E-state index in [4.69, 9.17) is 28.9 Å². The number of hydrogen-bond donors (Lipinski definition) is 1. The molecule has 1 aromatic carbocycles. The quantitative estimate of drug-likeness (QED) is 0.891. The van der Waals surface area contributed by atoms with Crippen molar-refractivity contribution in [2.75, 3.05) is 25.4 Å². The molecule has 1 atom stereocenters. The molecule has 1 aliphatic heterocycles. The minimum atomic E-state index is -3.45. The highest BCUT2D eigenvalue weighted by Crippen LogP contribution is 2.29. The number of rotatable bonds is 4. The summed E-state index contributed by atoms with van der Waals surface area (Å²) in [7, 11) is -3.45. The number of nitrogens with two attached hydrogens (primary N) is 1. The molecule has 7 heteroatoms. The summed E-state index contributed by atoms with van der Waals surface area (Å²) < 4.78 is 25.0. The van der Waals surface area contributed by atoms with Gasteiger partial charge in [-0.1, -0.05) is 37.0 Å². The molecule has 22 heavy (non-hydrogen) atoms. The van der Waals surface area contributed by atoms with E-state index in [-0.39, 0.29) is 27.1 Å². The Balaban J connectivity index is 2.06. The molecule has 2 rings (SSSR count). The first kappa shape index (κ1) is 18.0. The number of piperidine rings is 1. The van der Waals surface area contributed by atoms with Gasteiger partial charge in [0.1, 0.15) is 0 Å². The Bertz CT molecular complexity index is 647. The van der Waals surface area contributed by atoms with Crippen molar-refractivity contribution < 1.29 is 8.42 Å². The maximum absolute atomic E-state index is 12.5. The molecule has 2 N–H and O–H groups in total. The maximum Gasteiger partial charge on any atom is 0.181 e. The van der Waals surface area contributed by atoms with Crippen molar-refractivity contribution in [3.05, 3.63) is 28.2 Å². The van der Waals surface area contributed by atoms with Gasteiger partial charge >= 0.3 is 0 Å². The fraction of sp³-hybridized carbons (Fsp3) is 0.600. The summed E-state index contributed by atoms with van der Waals surface area (Å²) in [6.45, 7) is 6.33. The monoisotopic (exact) mass is 364 g/mol. The lowest BCUT2D eigenvalue weighted by Gasteiger charge is -2.42. The summed E-state index contributed by atoms with van der Waals surface area (Å²) in [4.78, 5) is 2.26. The van der Waals surface area contributed by atoms with Gasteiger partial charge in [-0.2, -0.15) is 0 Å². The molecule has 0 radical (unpaired) electrons. The normalized spacial score (nSPS) is 22.7. The van der Waals surface area contributed by atoms with Crippen molar-refractivity contribution in [2.45, 2.75) is 31.2 Å². The number of hydrogen-bond acceptors (Lipinski definition) is 4. The molecule has 0 aliphatic carbocycles. The third-order valence-corrected chi connectivity index (χ3v) is 6.70. The lowest BCUT2D eigenvalue weighted by Crippen LogP contribution is -2.53. The number of sulfone groups is 1. The zero-order chi connectivity index (χ0) is 16.5. The van der Waals surface area contributed by atoms with Gasteiger partial charge in [0.15, 0.2) is 9.84 Å². The zero-order valence-corrected chi connectivity index (χ0v) is 15.2. The van der Waals surface area contributed by atoms with Crippen LogP contribution >= 0.6 is 23.2 Å². The van der Waals surface area contributed by atoms with E-state index in [1.165, 1.54) is 12.1 Å². The largest absolute Gasteiger partial charge is 0.327 e. The average molecular weight is 365 g/mol. The molecule has 0 bridgehead atoms. The molecule has 1 fully saturated rings. The molecule has 124 valence electrons. The number of benzene rings is 1. The Kier molecular flexibility index (Phi) is 5.45. The molecule has 0 aromatic heterocycles. The van der Waals surface area contributed by atoms with E-state index in [9.17, 15) is 8.42 Å². The van der Waals surface area contributed by atoms with Crippen LogP contribution in [0.1, 0.15) is 20.3 Å². The summed E-state index contributed by atoms with van der Waals surface area (Å²) in [5.41, 5.74) is 6.10. The van der Waals surface area contributed by atoms with Gasteiger partial charge in [-0.25, -0.2) is 8.42 Å². The van der Waals surface area contributed by atoms with Crippen LogP contribution in [0.4, 0.5) is 0 Å². The van der Waals surface area contributed by atoms with Crippen LogP contribution in [0.15, 0.2) is 23.1 Å². The fourth-order valence-electron chi connectivity index (χ4n) is 2.75. The van der Waals surface area contributed by atoms with E-state index < -0.39 is 9.84 Å². The SMILES string of the molecule is CC1(C)CN(CCS(=O)(=O)c2cc(Cl)ccc2Cl)CCC1N. The molecule has 4 nitrogen and oxygen atoms in total. The van der Waals surface area contributed by atoms with Gasteiger partial charge in [0.2, 0.25) is 0 Å². The van der Waals surface area contributed by atoms with Crippen LogP contribution in [0.2, 0.25) is 10.0 Å². The van der Waals surface area contributed by atoms with E-state index in [1.807, 2.05) is 0 Å². The Labute approximate surface area is 142 Å². The van der Waals surface area contributed by atoms with Crippen LogP contribution in [-0.4, -0.2) is 44.7 Å². The lowest BCUT2D eigenvalue weighted by atomic mass is 9.80. The van der Waals surface area contributed by atoms with Crippen LogP contribution < -0.4 is 5.73 Å². The summed E-state index contributed by atoms with van der Waals surface area (Å²) in [6.07, 6.45) is 0.880. The summed E-state index contributed by atoms with van der Waals surface area (Å²) >= 11 is 11.9. The van der Waals surface area contributed by atoms with E-state index in [1.54, 1.807) is 6.07 Å². The molecular weight excluding hydrogens is 343 g/mol. The second-order valence-electron chi connectivity index (χ2n) is 6.55. The Morgan fingerprint density at radius 3 is 2.68 bits per heavy atom. The summed E-state index contributed by atoms with van der Waals surface area (Å²) in [5.74, 6) is 0.0262. The third-order valence-electron chi connectivity index (χ3n) is 4.30. The van der Waals surface area contributed by atoms with E-state index in [2.05, 4.69) is 18.7 Å². The van der Waals surface area contributed by atoms with Gasteiger partial charge in [0.05, 0.1) is 15.7 Å². The van der Waals surface area contributed by atoms with Crippen LogP contribution in [0, 0.1) is 5.41 Å². The first-order valence-electron chi connectivity index (χ1n) is 7.27. The van der Waals surface area contributed by atoms with Crippen LogP contribution in [0.3, 0.4) is 0 Å². The van der Waals surface area contributed by atoms with Crippen LogP contribution in [-0.2, 0) is 9.84 Å². The first-order chi connectivity index (χ1) is 10.1. The zero-order valence-electron chi connectivity index (χ0n) is 12.9. The predicted molar refractivity (Wildman–Crippen MR) is 91.3 cm³/mol. The molecule has 1 unspecified atom stereocenters. The molecule has 0 saturated carbocycles.